The van der Waals surface area contributed by atoms with Gasteiger partial charge in [-0.2, -0.15) is 0 Å². The average molecular weight is 361 g/mol. The number of hydrogen-bond donors (Lipinski definition) is 1. The molecule has 124 valence electrons. The molecule has 1 atom stereocenters. The molecule has 2 rings (SSSR count). The molecule has 0 spiro atoms. The predicted molar refractivity (Wildman–Crippen MR) is 83.7 cm³/mol. The Bertz CT molecular complexity index is 617. The van der Waals surface area contributed by atoms with E-state index in [0.29, 0.717) is 10.0 Å². The second-order valence-electron chi connectivity index (χ2n) is 4.72. The normalized spacial score (nSPS) is 17.5. The molecule has 0 aliphatic carbocycles. The number of hydrogen-bond acceptors (Lipinski definition) is 5. The molecule has 1 N–H and O–H groups in total. The Labute approximate surface area is 142 Å². The van der Waals surface area contributed by atoms with Crippen molar-refractivity contribution in [3.8, 4) is 0 Å². The fraction of sp³-hybridized carbons (Fsp3) is 0.357. The summed E-state index contributed by atoms with van der Waals surface area (Å²) < 4.78 is 9.55. The zero-order valence-corrected chi connectivity index (χ0v) is 13.7. The van der Waals surface area contributed by atoms with E-state index >= 15 is 0 Å². The highest BCUT2D eigenvalue weighted by atomic mass is 35.5. The molecule has 1 aliphatic heterocycles. The maximum absolute atomic E-state index is 12.3. The third kappa shape index (κ3) is 4.34. The molecule has 0 aromatic heterocycles. The van der Waals surface area contributed by atoms with Gasteiger partial charge in [-0.1, -0.05) is 23.2 Å². The highest BCUT2D eigenvalue weighted by Crippen LogP contribution is 2.29. The van der Waals surface area contributed by atoms with Crippen LogP contribution in [0.25, 0.3) is 0 Å². The molecular formula is C14H14Cl2N2O5. The fourth-order valence-corrected chi connectivity index (χ4v) is 2.60. The third-order valence-corrected chi connectivity index (χ3v) is 3.50. The SMILES string of the molecule is COCCOC(=O)NC1CC(=O)N(c2cc(Cl)cc(Cl)c2)C1=O. The van der Waals surface area contributed by atoms with Gasteiger partial charge in [0.05, 0.1) is 18.7 Å². The Morgan fingerprint density at radius 3 is 2.52 bits per heavy atom. The van der Waals surface area contributed by atoms with Crippen LogP contribution < -0.4 is 10.2 Å². The van der Waals surface area contributed by atoms with Crippen LogP contribution in [0.4, 0.5) is 10.5 Å². The van der Waals surface area contributed by atoms with Crippen LogP contribution in [0.5, 0.6) is 0 Å². The zero-order chi connectivity index (χ0) is 17.0. The predicted octanol–water partition coefficient (Wildman–Crippen LogP) is 2.00. The van der Waals surface area contributed by atoms with Crippen molar-refractivity contribution in [2.45, 2.75) is 12.5 Å². The minimum Gasteiger partial charge on any atom is -0.447 e. The first-order chi connectivity index (χ1) is 10.9. The van der Waals surface area contributed by atoms with Crippen molar-refractivity contribution >= 4 is 46.8 Å². The lowest BCUT2D eigenvalue weighted by Gasteiger charge is -2.16. The number of benzene rings is 1. The van der Waals surface area contributed by atoms with E-state index in [0.717, 1.165) is 4.90 Å². The standard InChI is InChI=1S/C14H14Cl2N2O5/c1-22-2-3-23-14(21)17-11-7-12(19)18(13(11)20)10-5-8(15)4-9(16)6-10/h4-6,11H,2-3,7H2,1H3,(H,17,21). The van der Waals surface area contributed by atoms with Crippen molar-refractivity contribution in [1.82, 2.24) is 5.32 Å². The summed E-state index contributed by atoms with van der Waals surface area (Å²) >= 11 is 11.8. The van der Waals surface area contributed by atoms with Crippen LogP contribution in [0.1, 0.15) is 6.42 Å². The van der Waals surface area contributed by atoms with Crippen LogP contribution in [0.3, 0.4) is 0 Å². The van der Waals surface area contributed by atoms with Gasteiger partial charge in [0, 0.05) is 17.2 Å². The van der Waals surface area contributed by atoms with Gasteiger partial charge in [-0.25, -0.2) is 9.69 Å². The minimum atomic E-state index is -0.990. The molecule has 0 saturated carbocycles. The number of amides is 3. The number of methoxy groups -OCH3 is 1. The largest absolute Gasteiger partial charge is 0.447 e. The molecule has 23 heavy (non-hydrogen) atoms. The van der Waals surface area contributed by atoms with Gasteiger partial charge in [0.1, 0.15) is 12.6 Å². The molecule has 3 amide bonds. The minimum absolute atomic E-state index is 0.0464. The molecule has 0 radical (unpaired) electrons. The van der Waals surface area contributed by atoms with E-state index in [2.05, 4.69) is 5.32 Å². The smallest absolute Gasteiger partial charge is 0.407 e. The van der Waals surface area contributed by atoms with Crippen LogP contribution >= 0.6 is 23.2 Å². The molecule has 1 saturated heterocycles. The Balaban J connectivity index is 2.06. The molecule has 1 aromatic rings. The van der Waals surface area contributed by atoms with E-state index in [4.69, 9.17) is 32.7 Å². The van der Waals surface area contributed by atoms with E-state index in [1.54, 1.807) is 0 Å². The average Bonchev–Trinajstić information content (AvgIpc) is 2.72. The summed E-state index contributed by atoms with van der Waals surface area (Å²) in [4.78, 5) is 36.9. The molecule has 0 bridgehead atoms. The second-order valence-corrected chi connectivity index (χ2v) is 5.60. The third-order valence-electron chi connectivity index (χ3n) is 3.06. The lowest BCUT2D eigenvalue weighted by Crippen LogP contribution is -2.42. The van der Waals surface area contributed by atoms with Crippen molar-refractivity contribution in [2.24, 2.45) is 0 Å². The topological polar surface area (TPSA) is 84.9 Å². The molecule has 7 nitrogen and oxygen atoms in total. The number of rotatable bonds is 5. The first-order valence-corrected chi connectivity index (χ1v) is 7.43. The maximum Gasteiger partial charge on any atom is 0.407 e. The Morgan fingerprint density at radius 1 is 1.26 bits per heavy atom. The van der Waals surface area contributed by atoms with Gasteiger partial charge in [0.2, 0.25) is 5.91 Å². The summed E-state index contributed by atoms with van der Waals surface area (Å²) in [5, 5.41) is 2.94. The molecule has 1 heterocycles. The van der Waals surface area contributed by atoms with Gasteiger partial charge in [-0.05, 0) is 18.2 Å². The maximum atomic E-state index is 12.3. The molecule has 1 aromatic carbocycles. The summed E-state index contributed by atoms with van der Waals surface area (Å²) in [5.74, 6) is -1.03. The van der Waals surface area contributed by atoms with Gasteiger partial charge in [-0.3, -0.25) is 9.59 Å². The van der Waals surface area contributed by atoms with Gasteiger partial charge in [0.25, 0.3) is 5.91 Å². The van der Waals surface area contributed by atoms with E-state index in [-0.39, 0.29) is 25.3 Å². The summed E-state index contributed by atoms with van der Waals surface area (Å²) in [6.07, 6.45) is -0.957. The summed E-state index contributed by atoms with van der Waals surface area (Å²) in [6.45, 7) is 0.281. The number of carbonyl (C=O) groups is 3. The molecule has 1 fully saturated rings. The number of ether oxygens (including phenoxy) is 2. The molecule has 1 aliphatic rings. The van der Waals surface area contributed by atoms with Crippen LogP contribution in [0.15, 0.2) is 18.2 Å². The lowest BCUT2D eigenvalue weighted by molar-refractivity contribution is -0.121. The van der Waals surface area contributed by atoms with Gasteiger partial charge in [0.15, 0.2) is 0 Å². The Hall–Kier alpha value is -1.83. The van der Waals surface area contributed by atoms with Crippen molar-refractivity contribution in [1.29, 1.82) is 0 Å². The molecule has 1 unspecified atom stereocenters. The van der Waals surface area contributed by atoms with Crippen LogP contribution in [0.2, 0.25) is 10.0 Å². The fourth-order valence-electron chi connectivity index (χ4n) is 2.09. The Kier molecular flexibility index (Phi) is 5.81. The van der Waals surface area contributed by atoms with Gasteiger partial charge < -0.3 is 14.8 Å². The highest BCUT2D eigenvalue weighted by Gasteiger charge is 2.40. The van der Waals surface area contributed by atoms with Gasteiger partial charge >= 0.3 is 6.09 Å². The van der Waals surface area contributed by atoms with Crippen molar-refractivity contribution in [3.63, 3.8) is 0 Å². The number of alkyl carbamates (subject to hydrolysis) is 1. The van der Waals surface area contributed by atoms with Crippen molar-refractivity contribution in [3.05, 3.63) is 28.2 Å². The summed E-state index contributed by atoms with van der Waals surface area (Å²) in [7, 11) is 1.47. The number of anilines is 1. The van der Waals surface area contributed by atoms with Crippen molar-refractivity contribution < 1.29 is 23.9 Å². The van der Waals surface area contributed by atoms with E-state index in [9.17, 15) is 14.4 Å². The quantitative estimate of drug-likeness (QED) is 0.641. The number of imide groups is 1. The van der Waals surface area contributed by atoms with Crippen molar-refractivity contribution in [2.75, 3.05) is 25.2 Å². The lowest BCUT2D eigenvalue weighted by atomic mass is 10.2. The number of nitrogens with one attached hydrogen (secondary N) is 1. The highest BCUT2D eigenvalue weighted by molar-refractivity contribution is 6.35. The number of nitrogens with zero attached hydrogens (tertiary/aromatic N) is 1. The van der Waals surface area contributed by atoms with E-state index in [1.807, 2.05) is 0 Å². The number of halogens is 2. The van der Waals surface area contributed by atoms with E-state index in [1.165, 1.54) is 25.3 Å². The summed E-state index contributed by atoms with van der Waals surface area (Å²) in [5.41, 5.74) is 0.259. The van der Waals surface area contributed by atoms with Crippen LogP contribution in [-0.2, 0) is 19.1 Å². The van der Waals surface area contributed by atoms with E-state index < -0.39 is 23.9 Å². The summed E-state index contributed by atoms with van der Waals surface area (Å²) in [6, 6.07) is 3.39. The molecular weight excluding hydrogens is 347 g/mol. The molecule has 9 heteroatoms. The van der Waals surface area contributed by atoms with Gasteiger partial charge in [-0.15, -0.1) is 0 Å². The first-order valence-electron chi connectivity index (χ1n) is 6.67. The number of carbonyl (C=O) groups excluding carboxylic acids is 3. The second kappa shape index (κ2) is 7.63. The van der Waals surface area contributed by atoms with Crippen LogP contribution in [-0.4, -0.2) is 44.3 Å². The van der Waals surface area contributed by atoms with Crippen LogP contribution in [0, 0.1) is 0 Å². The zero-order valence-electron chi connectivity index (χ0n) is 12.2. The first kappa shape index (κ1) is 17.5. The monoisotopic (exact) mass is 360 g/mol. The Morgan fingerprint density at radius 2 is 1.91 bits per heavy atom.